The molecule has 2 aliphatic heterocycles. The Bertz CT molecular complexity index is 3140. The molecule has 0 saturated carbocycles. The third kappa shape index (κ3) is 10.5. The highest BCUT2D eigenvalue weighted by atomic mass is 79.9. The molecule has 0 atom stereocenters. The van der Waals surface area contributed by atoms with Gasteiger partial charge in [-0.25, -0.2) is 17.6 Å². The summed E-state index contributed by atoms with van der Waals surface area (Å²) in [5.41, 5.74) is -1.04. The van der Waals surface area contributed by atoms with Gasteiger partial charge in [0.05, 0.1) is 69.5 Å². The molecule has 18 heteroatoms. The van der Waals surface area contributed by atoms with Crippen LogP contribution in [0.5, 0.6) is 46.0 Å². The molecule has 0 spiro atoms. The fourth-order valence-corrected chi connectivity index (χ4v) is 9.75. The zero-order valence-electron chi connectivity index (χ0n) is 40.3. The predicted octanol–water partition coefficient (Wildman–Crippen LogP) is 16.4. The summed E-state index contributed by atoms with van der Waals surface area (Å²) in [4.78, 5) is 2.92. The van der Waals surface area contributed by atoms with Gasteiger partial charge in [0.2, 0.25) is 0 Å². The number of halogens is 6. The minimum absolute atomic E-state index is 0.0572. The molecule has 2 heterocycles. The van der Waals surface area contributed by atoms with Gasteiger partial charge in [-0.3, -0.25) is 0 Å². The van der Waals surface area contributed by atoms with Gasteiger partial charge in [-0.1, -0.05) is 48.5 Å². The van der Waals surface area contributed by atoms with Crippen LogP contribution in [0.15, 0.2) is 118 Å². The van der Waals surface area contributed by atoms with Crippen molar-refractivity contribution in [2.75, 3.05) is 36.2 Å². The van der Waals surface area contributed by atoms with E-state index in [0.717, 1.165) is 0 Å². The minimum atomic E-state index is -1.20. The number of anilines is 6. The van der Waals surface area contributed by atoms with Crippen molar-refractivity contribution in [1.29, 1.82) is 21.0 Å². The molecule has 7 aromatic rings. The van der Waals surface area contributed by atoms with Gasteiger partial charge in [0.25, 0.3) is 0 Å². The summed E-state index contributed by atoms with van der Waals surface area (Å²) in [7, 11) is 0. The molecule has 0 N–H and O–H groups in total. The normalized spacial score (nSPS) is 11.8. The third-order valence-corrected chi connectivity index (χ3v) is 13.7. The maximum absolute atomic E-state index is 16.0. The summed E-state index contributed by atoms with van der Waals surface area (Å²) in [5.74, 6) is -3.66. The Hall–Kier alpha value is -8.42. The number of benzene rings is 7. The highest BCUT2D eigenvalue weighted by molar-refractivity contribution is 9.11. The fourth-order valence-electron chi connectivity index (χ4n) is 8.87. The average molecular weight is 1150 g/mol. The molecule has 0 aliphatic carbocycles. The van der Waals surface area contributed by atoms with E-state index >= 15 is 17.6 Å². The molecule has 382 valence electrons. The van der Waals surface area contributed by atoms with Gasteiger partial charge in [-0.05, 0) is 144 Å². The molecule has 76 heavy (non-hydrogen) atoms. The maximum atomic E-state index is 16.0. The second-order valence-electron chi connectivity index (χ2n) is 17.2. The van der Waals surface area contributed by atoms with E-state index in [4.69, 9.17) is 28.4 Å². The molecule has 0 radical (unpaired) electrons. The number of hydrogen-bond donors (Lipinski definition) is 0. The zero-order chi connectivity index (χ0) is 53.3. The molecule has 0 bridgehead atoms. The van der Waals surface area contributed by atoms with Crippen LogP contribution in [0.3, 0.4) is 0 Å². The van der Waals surface area contributed by atoms with Crippen LogP contribution in [0.1, 0.15) is 73.6 Å². The standard InChI is InChI=1S/C58H42Br2F4N6O6/c59-39-30-50(72-26-14-2-4-16-28-74-58-53(63)37(33-67)56(38(34-68)54(58)64)70-43-19-7-11-23-47(43)76-48-24-12-8-20-44(48)70)40(60)29-49(39)71-25-13-1-3-15-27-73-57-51(61)35(31-65)55(36(32-66)52(57)62)69-41-17-5-9-21-45(41)75-46-22-10-6-18-42(46)69/h5-12,17-24,29-30H,1-4,13-16,25-28H2. The topological polar surface area (TPSA) is 157 Å². The Labute approximate surface area is 452 Å². The second kappa shape index (κ2) is 23.8. The first-order chi connectivity index (χ1) is 37.1. The lowest BCUT2D eigenvalue weighted by Crippen LogP contribution is -2.20. The molecule has 0 aromatic heterocycles. The van der Waals surface area contributed by atoms with Gasteiger partial charge in [0.1, 0.15) is 58.0 Å². The number of hydrogen-bond acceptors (Lipinski definition) is 12. The number of fused-ring (bicyclic) bond motifs is 4. The van der Waals surface area contributed by atoms with Crippen molar-refractivity contribution in [3.05, 3.63) is 164 Å². The van der Waals surface area contributed by atoms with Crippen molar-refractivity contribution < 1.29 is 46.0 Å². The number of para-hydroxylation sites is 8. The molecule has 12 nitrogen and oxygen atoms in total. The number of unbranched alkanes of at least 4 members (excludes halogenated alkanes) is 6. The summed E-state index contributed by atoms with van der Waals surface area (Å²) in [5, 5.41) is 40.7. The number of nitrogens with zero attached hydrogens (tertiary/aromatic N) is 6. The van der Waals surface area contributed by atoms with E-state index in [0.29, 0.717) is 131 Å². The van der Waals surface area contributed by atoms with Crippen molar-refractivity contribution in [1.82, 2.24) is 0 Å². The van der Waals surface area contributed by atoms with E-state index in [9.17, 15) is 21.0 Å². The molecular formula is C58H42Br2F4N6O6. The van der Waals surface area contributed by atoms with E-state index in [1.165, 1.54) is 9.80 Å². The third-order valence-electron chi connectivity index (χ3n) is 12.5. The van der Waals surface area contributed by atoms with Gasteiger partial charge in [-0.2, -0.15) is 21.0 Å². The van der Waals surface area contributed by atoms with Gasteiger partial charge in [0.15, 0.2) is 57.8 Å². The quantitative estimate of drug-likeness (QED) is 0.0526. The fraction of sp³-hybridized carbons (Fsp3) is 0.207. The summed E-state index contributed by atoms with van der Waals surface area (Å²) < 4.78 is 101. The summed E-state index contributed by atoms with van der Waals surface area (Å²) in [6, 6.07) is 38.2. The lowest BCUT2D eigenvalue weighted by Gasteiger charge is -2.34. The van der Waals surface area contributed by atoms with Crippen LogP contribution in [0, 0.1) is 68.6 Å². The molecule has 0 amide bonds. The zero-order valence-corrected chi connectivity index (χ0v) is 43.5. The van der Waals surface area contributed by atoms with E-state index in [-0.39, 0.29) is 24.6 Å². The summed E-state index contributed by atoms with van der Waals surface area (Å²) in [6.07, 6.45) is 4.94. The molecule has 7 aromatic carbocycles. The van der Waals surface area contributed by atoms with Gasteiger partial charge >= 0.3 is 0 Å². The van der Waals surface area contributed by atoms with Gasteiger partial charge in [-0.15, -0.1) is 0 Å². The lowest BCUT2D eigenvalue weighted by molar-refractivity contribution is 0.267. The first-order valence-electron chi connectivity index (χ1n) is 24.1. The lowest BCUT2D eigenvalue weighted by atomic mass is 10.0. The largest absolute Gasteiger partial charge is 0.492 e. The average Bonchev–Trinajstić information content (AvgIpc) is 3.44. The Kier molecular flexibility index (Phi) is 16.5. The van der Waals surface area contributed by atoms with Crippen LogP contribution in [0.25, 0.3) is 0 Å². The van der Waals surface area contributed by atoms with Crippen molar-refractivity contribution in [2.45, 2.75) is 51.4 Å². The smallest absolute Gasteiger partial charge is 0.193 e. The highest BCUT2D eigenvalue weighted by Crippen LogP contribution is 2.55. The number of nitriles is 4. The van der Waals surface area contributed by atoms with Crippen molar-refractivity contribution in [3.8, 4) is 70.3 Å². The molecule has 0 unspecified atom stereocenters. The molecule has 0 fully saturated rings. The Morgan fingerprint density at radius 3 is 0.934 bits per heavy atom. The van der Waals surface area contributed by atoms with Crippen molar-refractivity contribution in [3.63, 3.8) is 0 Å². The van der Waals surface area contributed by atoms with E-state index in [1.807, 2.05) is 24.3 Å². The minimum Gasteiger partial charge on any atom is -0.492 e. The predicted molar refractivity (Wildman–Crippen MR) is 282 cm³/mol. The van der Waals surface area contributed by atoms with E-state index < -0.39 is 57.0 Å². The molecule has 2 aliphatic rings. The number of rotatable bonds is 20. The van der Waals surface area contributed by atoms with Crippen molar-refractivity contribution >= 4 is 66.0 Å². The Morgan fingerprint density at radius 2 is 0.658 bits per heavy atom. The summed E-state index contributed by atoms with van der Waals surface area (Å²) in [6.45, 7) is 0.650. The number of ether oxygens (including phenoxy) is 6. The van der Waals surface area contributed by atoms with Crippen molar-refractivity contribution in [2.24, 2.45) is 0 Å². The van der Waals surface area contributed by atoms with Crippen LogP contribution >= 0.6 is 31.9 Å². The SMILES string of the molecule is N#Cc1c(F)c(OCCCCCCOc2cc(Br)c(OCCCCCCOc3c(F)c(C#N)c(N4c5ccccc5Oc5ccccc54)c(C#N)c3F)cc2Br)c(F)c(C#N)c1N1c2ccccc2Oc2ccccc21. The van der Waals surface area contributed by atoms with Crippen LogP contribution in [-0.2, 0) is 0 Å². The van der Waals surface area contributed by atoms with E-state index in [1.54, 1.807) is 109 Å². The van der Waals surface area contributed by atoms with Crippen LogP contribution < -0.4 is 38.2 Å². The van der Waals surface area contributed by atoms with Crippen LogP contribution in [-0.4, -0.2) is 26.4 Å². The first kappa shape index (κ1) is 52.4. The van der Waals surface area contributed by atoms with E-state index in [2.05, 4.69) is 31.9 Å². The second-order valence-corrected chi connectivity index (χ2v) is 18.9. The van der Waals surface area contributed by atoms with Gasteiger partial charge < -0.3 is 38.2 Å². The van der Waals surface area contributed by atoms with Crippen LogP contribution in [0.4, 0.5) is 51.7 Å². The Balaban J connectivity index is 0.709. The monoisotopic (exact) mass is 1150 g/mol. The van der Waals surface area contributed by atoms with Gasteiger partial charge in [0, 0.05) is 0 Å². The molecule has 0 saturated heterocycles. The Morgan fingerprint density at radius 1 is 0.395 bits per heavy atom. The molecule has 9 rings (SSSR count). The van der Waals surface area contributed by atoms with Crippen LogP contribution in [0.2, 0.25) is 0 Å². The maximum Gasteiger partial charge on any atom is 0.193 e. The summed E-state index contributed by atoms with van der Waals surface area (Å²) >= 11 is 7.11. The molecular weight excluding hydrogens is 1110 g/mol. The first-order valence-corrected chi connectivity index (χ1v) is 25.7. The highest BCUT2D eigenvalue weighted by Gasteiger charge is 2.37.